The average Bonchev–Trinajstić information content (AvgIpc) is 3.17. The fraction of sp³-hybridized carbons (Fsp3) is 0.632. The molecule has 0 saturated carbocycles. The first kappa shape index (κ1) is 18.5. The third kappa shape index (κ3) is 5.87. The maximum Gasteiger partial charge on any atom is 0.237 e. The van der Waals surface area contributed by atoms with Gasteiger partial charge in [-0.3, -0.25) is 9.69 Å². The molecule has 5 nitrogen and oxygen atoms in total. The van der Waals surface area contributed by atoms with Gasteiger partial charge in [0.2, 0.25) is 5.91 Å². The van der Waals surface area contributed by atoms with E-state index in [1.807, 2.05) is 24.3 Å². The van der Waals surface area contributed by atoms with E-state index in [1.165, 1.54) is 12.8 Å². The number of hydrogen-bond acceptors (Lipinski definition) is 4. The summed E-state index contributed by atoms with van der Waals surface area (Å²) in [5.74, 6) is 1.56. The van der Waals surface area contributed by atoms with Crippen molar-refractivity contribution in [1.29, 1.82) is 0 Å². The number of halogens is 1. The number of piperidine rings is 1. The molecule has 6 heteroatoms. The first-order valence-electron chi connectivity index (χ1n) is 9.32. The molecule has 2 aliphatic heterocycles. The van der Waals surface area contributed by atoms with Crippen molar-refractivity contribution in [2.45, 2.75) is 31.7 Å². The van der Waals surface area contributed by atoms with Crippen LogP contribution in [0.1, 0.15) is 25.7 Å². The van der Waals surface area contributed by atoms with Gasteiger partial charge in [0.25, 0.3) is 0 Å². The molecular weight excluding hydrogens is 338 g/mol. The van der Waals surface area contributed by atoms with Crippen LogP contribution in [0.3, 0.4) is 0 Å². The second-order valence-corrected chi connectivity index (χ2v) is 7.44. The number of carbonyl (C=O) groups excluding carboxylic acids is 1. The summed E-state index contributed by atoms with van der Waals surface area (Å²) in [7, 11) is 0. The Hall–Kier alpha value is -1.30. The normalized spacial score (nSPS) is 24.2. The zero-order valence-electron chi connectivity index (χ0n) is 14.7. The van der Waals surface area contributed by atoms with Crippen LogP contribution in [0.5, 0.6) is 5.75 Å². The minimum atomic E-state index is 0.0208. The smallest absolute Gasteiger partial charge is 0.237 e. The predicted molar refractivity (Wildman–Crippen MR) is 100 cm³/mol. The van der Waals surface area contributed by atoms with Crippen molar-refractivity contribution >= 4 is 17.5 Å². The molecule has 0 aliphatic carbocycles. The van der Waals surface area contributed by atoms with Crippen molar-refractivity contribution in [3.8, 4) is 5.75 Å². The Morgan fingerprint density at radius 3 is 2.88 bits per heavy atom. The average molecular weight is 366 g/mol. The van der Waals surface area contributed by atoms with Gasteiger partial charge in [0.05, 0.1) is 6.04 Å². The number of amides is 1. The van der Waals surface area contributed by atoms with Crippen LogP contribution in [-0.2, 0) is 4.79 Å². The monoisotopic (exact) mass is 365 g/mol. The zero-order valence-corrected chi connectivity index (χ0v) is 15.4. The molecule has 1 aromatic rings. The van der Waals surface area contributed by atoms with Gasteiger partial charge in [-0.15, -0.1) is 0 Å². The summed E-state index contributed by atoms with van der Waals surface area (Å²) in [5, 5.41) is 7.11. The molecule has 2 aliphatic rings. The van der Waals surface area contributed by atoms with E-state index in [1.54, 1.807) is 0 Å². The SMILES string of the molecule is O=C(NCC1CCCN(CCOc2ccc(Cl)cc2)C1)C1CCCN1. The van der Waals surface area contributed by atoms with Crippen LogP contribution in [0.25, 0.3) is 0 Å². The van der Waals surface area contributed by atoms with Gasteiger partial charge in [0.1, 0.15) is 12.4 Å². The third-order valence-corrected chi connectivity index (χ3v) is 5.29. The van der Waals surface area contributed by atoms with E-state index in [0.29, 0.717) is 12.5 Å². The molecule has 1 amide bonds. The summed E-state index contributed by atoms with van der Waals surface area (Å²) in [4.78, 5) is 14.5. The van der Waals surface area contributed by atoms with E-state index in [9.17, 15) is 4.79 Å². The Kier molecular flexibility index (Phi) is 6.96. The van der Waals surface area contributed by atoms with E-state index in [-0.39, 0.29) is 11.9 Å². The van der Waals surface area contributed by atoms with Gasteiger partial charge >= 0.3 is 0 Å². The van der Waals surface area contributed by atoms with Crippen LogP contribution in [0.4, 0.5) is 0 Å². The number of nitrogens with one attached hydrogen (secondary N) is 2. The lowest BCUT2D eigenvalue weighted by Gasteiger charge is -2.32. The van der Waals surface area contributed by atoms with E-state index >= 15 is 0 Å². The minimum Gasteiger partial charge on any atom is -0.492 e. The van der Waals surface area contributed by atoms with Crippen molar-refractivity contribution < 1.29 is 9.53 Å². The molecule has 0 bridgehead atoms. The number of hydrogen-bond donors (Lipinski definition) is 2. The highest BCUT2D eigenvalue weighted by Crippen LogP contribution is 2.17. The molecule has 1 aromatic carbocycles. The summed E-state index contributed by atoms with van der Waals surface area (Å²) < 4.78 is 5.79. The van der Waals surface area contributed by atoms with Crippen LogP contribution < -0.4 is 15.4 Å². The lowest BCUT2D eigenvalue weighted by molar-refractivity contribution is -0.123. The molecule has 25 heavy (non-hydrogen) atoms. The van der Waals surface area contributed by atoms with Crippen LogP contribution in [0, 0.1) is 5.92 Å². The zero-order chi connectivity index (χ0) is 17.5. The van der Waals surface area contributed by atoms with Crippen LogP contribution in [0.2, 0.25) is 5.02 Å². The van der Waals surface area contributed by atoms with Crippen LogP contribution in [-0.4, -0.2) is 56.2 Å². The van der Waals surface area contributed by atoms with E-state index in [4.69, 9.17) is 16.3 Å². The summed E-state index contributed by atoms with van der Waals surface area (Å²) in [6.07, 6.45) is 4.43. The second-order valence-electron chi connectivity index (χ2n) is 7.01. The summed E-state index contributed by atoms with van der Waals surface area (Å²) >= 11 is 5.88. The number of likely N-dealkylation sites (tertiary alicyclic amines) is 1. The number of carbonyl (C=O) groups is 1. The van der Waals surface area contributed by atoms with Gasteiger partial charge in [-0.1, -0.05) is 11.6 Å². The molecule has 2 unspecified atom stereocenters. The lowest BCUT2D eigenvalue weighted by atomic mass is 9.98. The molecule has 138 valence electrons. The first-order chi connectivity index (χ1) is 12.2. The largest absolute Gasteiger partial charge is 0.492 e. The number of rotatable bonds is 7. The topological polar surface area (TPSA) is 53.6 Å². The van der Waals surface area contributed by atoms with Crippen LogP contribution in [0.15, 0.2) is 24.3 Å². The van der Waals surface area contributed by atoms with E-state index in [0.717, 1.165) is 56.3 Å². The molecule has 2 atom stereocenters. The molecule has 2 fully saturated rings. The molecule has 0 aromatic heterocycles. The summed E-state index contributed by atoms with van der Waals surface area (Å²) in [5.41, 5.74) is 0. The van der Waals surface area contributed by atoms with Gasteiger partial charge in [0.15, 0.2) is 0 Å². The summed E-state index contributed by atoms with van der Waals surface area (Å²) in [6, 6.07) is 7.50. The Balaban J connectivity index is 1.34. The van der Waals surface area contributed by atoms with Gasteiger partial charge in [-0.2, -0.15) is 0 Å². The standard InChI is InChI=1S/C19H28ClN3O2/c20-16-5-7-17(8-6-16)25-12-11-23-10-2-3-15(14-23)13-22-19(24)18-4-1-9-21-18/h5-8,15,18,21H,1-4,9-14H2,(H,22,24). The highest BCUT2D eigenvalue weighted by Gasteiger charge is 2.24. The van der Waals surface area contributed by atoms with Crippen molar-refractivity contribution in [3.63, 3.8) is 0 Å². The highest BCUT2D eigenvalue weighted by atomic mass is 35.5. The molecule has 2 heterocycles. The Morgan fingerprint density at radius 1 is 1.28 bits per heavy atom. The maximum absolute atomic E-state index is 12.1. The van der Waals surface area contributed by atoms with Gasteiger partial charge in [0, 0.05) is 24.7 Å². The summed E-state index contributed by atoms with van der Waals surface area (Å²) in [6.45, 7) is 5.47. The second kappa shape index (κ2) is 9.41. The fourth-order valence-electron chi connectivity index (χ4n) is 3.62. The molecular formula is C19H28ClN3O2. The molecule has 2 saturated heterocycles. The van der Waals surface area contributed by atoms with Crippen LogP contribution >= 0.6 is 11.6 Å². The number of nitrogens with zero attached hydrogens (tertiary/aromatic N) is 1. The predicted octanol–water partition coefficient (Wildman–Crippen LogP) is 2.30. The number of benzene rings is 1. The molecule has 3 rings (SSSR count). The van der Waals surface area contributed by atoms with Crippen molar-refractivity contribution in [2.24, 2.45) is 5.92 Å². The molecule has 0 radical (unpaired) electrons. The van der Waals surface area contributed by atoms with Crippen molar-refractivity contribution in [1.82, 2.24) is 15.5 Å². The van der Waals surface area contributed by atoms with Gasteiger partial charge in [-0.25, -0.2) is 0 Å². The highest BCUT2D eigenvalue weighted by molar-refractivity contribution is 6.30. The first-order valence-corrected chi connectivity index (χ1v) is 9.70. The number of ether oxygens (including phenoxy) is 1. The fourth-order valence-corrected chi connectivity index (χ4v) is 3.75. The Labute approximate surface area is 155 Å². The van der Waals surface area contributed by atoms with Crippen molar-refractivity contribution in [2.75, 3.05) is 39.3 Å². The Morgan fingerprint density at radius 2 is 2.12 bits per heavy atom. The van der Waals surface area contributed by atoms with Crippen molar-refractivity contribution in [3.05, 3.63) is 29.3 Å². The van der Waals surface area contributed by atoms with Gasteiger partial charge in [-0.05, 0) is 69.0 Å². The Bertz CT molecular complexity index is 546. The maximum atomic E-state index is 12.1. The van der Waals surface area contributed by atoms with E-state index in [2.05, 4.69) is 15.5 Å². The minimum absolute atomic E-state index is 0.0208. The lowest BCUT2D eigenvalue weighted by Crippen LogP contribution is -2.46. The quantitative estimate of drug-likeness (QED) is 0.778. The molecule has 0 spiro atoms. The molecule has 2 N–H and O–H groups in total. The third-order valence-electron chi connectivity index (χ3n) is 5.03. The van der Waals surface area contributed by atoms with Gasteiger partial charge < -0.3 is 15.4 Å². The van der Waals surface area contributed by atoms with E-state index < -0.39 is 0 Å².